The van der Waals surface area contributed by atoms with E-state index in [2.05, 4.69) is 45.8 Å². The van der Waals surface area contributed by atoms with Crippen LogP contribution in [0, 0.1) is 0 Å². The number of likely N-dealkylation sites (N-methyl/N-ethyl adjacent to an activating group) is 1. The number of hydrogen-bond acceptors (Lipinski definition) is 3. The van der Waals surface area contributed by atoms with Gasteiger partial charge in [-0.25, -0.2) is 0 Å². The molecule has 1 saturated heterocycles. The number of nitrogen functional groups attached to an aromatic ring is 1. The second-order valence-electron chi connectivity index (χ2n) is 5.29. The summed E-state index contributed by atoms with van der Waals surface area (Å²) in [4.78, 5) is 4.97. The van der Waals surface area contributed by atoms with E-state index in [-0.39, 0.29) is 0 Å². The van der Waals surface area contributed by atoms with Crippen LogP contribution in [0.15, 0.2) is 22.7 Å². The molecule has 1 heterocycles. The van der Waals surface area contributed by atoms with Gasteiger partial charge in [0.1, 0.15) is 0 Å². The molecule has 0 saturated carbocycles. The van der Waals surface area contributed by atoms with Crippen molar-refractivity contribution in [2.45, 2.75) is 25.9 Å². The quantitative estimate of drug-likeness (QED) is 0.852. The summed E-state index contributed by atoms with van der Waals surface area (Å²) in [7, 11) is 2.21. The average molecular weight is 312 g/mol. The zero-order valence-corrected chi connectivity index (χ0v) is 12.8. The highest BCUT2D eigenvalue weighted by Crippen LogP contribution is 2.23. The number of benzene rings is 1. The third kappa shape index (κ3) is 3.46. The zero-order valence-electron chi connectivity index (χ0n) is 11.2. The summed E-state index contributed by atoms with van der Waals surface area (Å²) in [6.45, 7) is 6.82. The van der Waals surface area contributed by atoms with Crippen LogP contribution in [0.25, 0.3) is 0 Å². The Hall–Kier alpha value is -0.580. The maximum absolute atomic E-state index is 5.78. The minimum absolute atomic E-state index is 0.599. The second kappa shape index (κ2) is 6.04. The molecule has 1 unspecified atom stereocenters. The number of rotatable bonds is 2. The van der Waals surface area contributed by atoms with Gasteiger partial charge in [0.25, 0.3) is 0 Å². The molecule has 3 nitrogen and oxygen atoms in total. The SMILES string of the molecule is CC1CN(C)CCCN1Cc1ccc(N)cc1Br. The molecule has 1 aliphatic heterocycles. The first-order valence-electron chi connectivity index (χ1n) is 6.53. The third-order valence-corrected chi connectivity index (χ3v) is 4.37. The molecule has 1 aromatic rings. The van der Waals surface area contributed by atoms with E-state index >= 15 is 0 Å². The van der Waals surface area contributed by atoms with Crippen molar-refractivity contribution in [1.29, 1.82) is 0 Å². The van der Waals surface area contributed by atoms with E-state index in [9.17, 15) is 0 Å². The van der Waals surface area contributed by atoms with E-state index in [1.165, 1.54) is 25.1 Å². The second-order valence-corrected chi connectivity index (χ2v) is 6.14. The molecule has 1 atom stereocenters. The fraction of sp³-hybridized carbons (Fsp3) is 0.571. The van der Waals surface area contributed by atoms with Gasteiger partial charge in [0, 0.05) is 35.8 Å². The van der Waals surface area contributed by atoms with Gasteiger partial charge in [0.05, 0.1) is 0 Å². The highest BCUT2D eigenvalue weighted by molar-refractivity contribution is 9.10. The van der Waals surface area contributed by atoms with Crippen LogP contribution in [0.4, 0.5) is 5.69 Å². The summed E-state index contributed by atoms with van der Waals surface area (Å²) in [5, 5.41) is 0. The van der Waals surface area contributed by atoms with E-state index in [0.29, 0.717) is 6.04 Å². The van der Waals surface area contributed by atoms with Gasteiger partial charge >= 0.3 is 0 Å². The van der Waals surface area contributed by atoms with Crippen molar-refractivity contribution >= 4 is 21.6 Å². The van der Waals surface area contributed by atoms with Crippen LogP contribution >= 0.6 is 15.9 Å². The van der Waals surface area contributed by atoms with Crippen molar-refractivity contribution < 1.29 is 0 Å². The monoisotopic (exact) mass is 311 g/mol. The van der Waals surface area contributed by atoms with Crippen LogP contribution in [0.2, 0.25) is 0 Å². The molecular weight excluding hydrogens is 290 g/mol. The normalized spacial score (nSPS) is 22.9. The standard InChI is InChI=1S/C14H22BrN3/c1-11-9-17(2)6-3-7-18(11)10-12-4-5-13(16)8-14(12)15/h4-5,8,11H,3,6-7,9-10,16H2,1-2H3. The molecule has 2 rings (SSSR count). The maximum atomic E-state index is 5.78. The van der Waals surface area contributed by atoms with Crippen LogP contribution in [0.5, 0.6) is 0 Å². The Morgan fingerprint density at radius 3 is 2.89 bits per heavy atom. The highest BCUT2D eigenvalue weighted by atomic mass is 79.9. The van der Waals surface area contributed by atoms with Gasteiger partial charge in [-0.15, -0.1) is 0 Å². The minimum atomic E-state index is 0.599. The Kier molecular flexibility index (Phi) is 4.65. The molecule has 0 amide bonds. The van der Waals surface area contributed by atoms with Crippen molar-refractivity contribution in [3.63, 3.8) is 0 Å². The van der Waals surface area contributed by atoms with E-state index in [1.807, 2.05) is 12.1 Å². The van der Waals surface area contributed by atoms with Crippen LogP contribution in [0.1, 0.15) is 18.9 Å². The predicted octanol–water partition coefficient (Wildman–Crippen LogP) is 2.56. The molecule has 1 fully saturated rings. The Balaban J connectivity index is 2.07. The van der Waals surface area contributed by atoms with E-state index in [4.69, 9.17) is 5.73 Å². The molecule has 18 heavy (non-hydrogen) atoms. The van der Waals surface area contributed by atoms with Crippen molar-refractivity contribution in [2.75, 3.05) is 32.4 Å². The van der Waals surface area contributed by atoms with Gasteiger partial charge < -0.3 is 10.6 Å². The summed E-state index contributed by atoms with van der Waals surface area (Å²) in [5.74, 6) is 0. The van der Waals surface area contributed by atoms with Crippen LogP contribution in [-0.2, 0) is 6.54 Å². The smallest absolute Gasteiger partial charge is 0.0325 e. The molecule has 1 aromatic carbocycles. The number of anilines is 1. The molecule has 0 spiro atoms. The summed E-state index contributed by atoms with van der Waals surface area (Å²) in [6.07, 6.45) is 1.24. The molecule has 0 radical (unpaired) electrons. The molecule has 4 heteroatoms. The lowest BCUT2D eigenvalue weighted by Crippen LogP contribution is -2.37. The number of nitrogens with two attached hydrogens (primary N) is 1. The van der Waals surface area contributed by atoms with Crippen LogP contribution < -0.4 is 5.73 Å². The van der Waals surface area contributed by atoms with Gasteiger partial charge in [0.2, 0.25) is 0 Å². The lowest BCUT2D eigenvalue weighted by Gasteiger charge is -2.28. The summed E-state index contributed by atoms with van der Waals surface area (Å²) in [5.41, 5.74) is 7.92. The molecule has 100 valence electrons. The number of halogens is 1. The third-order valence-electron chi connectivity index (χ3n) is 3.63. The predicted molar refractivity (Wildman–Crippen MR) is 80.5 cm³/mol. The fourth-order valence-corrected chi connectivity index (χ4v) is 3.09. The first-order valence-corrected chi connectivity index (χ1v) is 7.32. The minimum Gasteiger partial charge on any atom is -0.399 e. The molecule has 0 aliphatic carbocycles. The largest absolute Gasteiger partial charge is 0.399 e. The fourth-order valence-electron chi connectivity index (χ4n) is 2.57. The van der Waals surface area contributed by atoms with Crippen molar-refractivity contribution in [1.82, 2.24) is 9.80 Å². The zero-order chi connectivity index (χ0) is 13.1. The molecular formula is C14H22BrN3. The summed E-state index contributed by atoms with van der Waals surface area (Å²) < 4.78 is 1.12. The number of nitrogens with zero attached hydrogens (tertiary/aromatic N) is 2. The molecule has 1 aliphatic rings. The Morgan fingerprint density at radius 2 is 2.17 bits per heavy atom. The summed E-state index contributed by atoms with van der Waals surface area (Å²) in [6, 6.07) is 6.70. The lowest BCUT2D eigenvalue weighted by molar-refractivity contribution is 0.194. The molecule has 0 aromatic heterocycles. The Bertz CT molecular complexity index is 408. The van der Waals surface area contributed by atoms with Crippen LogP contribution in [0.3, 0.4) is 0 Å². The number of hydrogen-bond donors (Lipinski definition) is 1. The van der Waals surface area contributed by atoms with Gasteiger partial charge in [-0.3, -0.25) is 4.90 Å². The topological polar surface area (TPSA) is 32.5 Å². The molecule has 2 N–H and O–H groups in total. The first kappa shape index (κ1) is 13.8. The molecule has 0 bridgehead atoms. The first-order chi connectivity index (χ1) is 8.56. The van der Waals surface area contributed by atoms with E-state index in [0.717, 1.165) is 23.2 Å². The highest BCUT2D eigenvalue weighted by Gasteiger charge is 2.20. The maximum Gasteiger partial charge on any atom is 0.0325 e. The van der Waals surface area contributed by atoms with Crippen LogP contribution in [-0.4, -0.2) is 42.5 Å². The average Bonchev–Trinajstić information content (AvgIpc) is 2.44. The van der Waals surface area contributed by atoms with Gasteiger partial charge in [-0.2, -0.15) is 0 Å². The van der Waals surface area contributed by atoms with Gasteiger partial charge in [-0.1, -0.05) is 22.0 Å². The van der Waals surface area contributed by atoms with E-state index < -0.39 is 0 Å². The van der Waals surface area contributed by atoms with Crippen molar-refractivity contribution in [2.24, 2.45) is 0 Å². The van der Waals surface area contributed by atoms with Gasteiger partial charge in [0.15, 0.2) is 0 Å². The van der Waals surface area contributed by atoms with Crippen molar-refractivity contribution in [3.05, 3.63) is 28.2 Å². The van der Waals surface area contributed by atoms with Gasteiger partial charge in [-0.05, 0) is 44.6 Å². The lowest BCUT2D eigenvalue weighted by atomic mass is 10.1. The Labute approximate surface area is 118 Å². The van der Waals surface area contributed by atoms with Crippen molar-refractivity contribution in [3.8, 4) is 0 Å². The van der Waals surface area contributed by atoms with E-state index in [1.54, 1.807) is 0 Å². The summed E-state index contributed by atoms with van der Waals surface area (Å²) >= 11 is 3.61. The Morgan fingerprint density at radius 1 is 1.39 bits per heavy atom.